The van der Waals surface area contributed by atoms with Gasteiger partial charge in [0.05, 0.1) is 0 Å². The molecule has 0 aliphatic heterocycles. The zero-order valence-corrected chi connectivity index (χ0v) is 12.6. The molecule has 1 aromatic rings. The summed E-state index contributed by atoms with van der Waals surface area (Å²) in [5, 5.41) is 14.5. The van der Waals surface area contributed by atoms with Gasteiger partial charge in [-0.25, -0.2) is 4.79 Å². The second-order valence-corrected chi connectivity index (χ2v) is 5.69. The van der Waals surface area contributed by atoms with Gasteiger partial charge in [0.25, 0.3) is 0 Å². The first kappa shape index (κ1) is 17.0. The van der Waals surface area contributed by atoms with Gasteiger partial charge in [-0.2, -0.15) is 0 Å². The van der Waals surface area contributed by atoms with Crippen LogP contribution in [-0.4, -0.2) is 35.7 Å². The van der Waals surface area contributed by atoms with E-state index in [1.54, 1.807) is 24.3 Å². The molecule has 0 fully saturated rings. The number of benzene rings is 1. The van der Waals surface area contributed by atoms with Crippen LogP contribution in [0.1, 0.15) is 27.2 Å². The summed E-state index contributed by atoms with van der Waals surface area (Å²) in [7, 11) is 0. The van der Waals surface area contributed by atoms with Crippen molar-refractivity contribution in [2.24, 2.45) is 0 Å². The molecule has 1 aromatic carbocycles. The number of ether oxygens (including phenoxy) is 1. The number of anilines is 1. The minimum absolute atomic E-state index is 0.0229. The zero-order valence-electron chi connectivity index (χ0n) is 12.6. The molecule has 0 aliphatic rings. The van der Waals surface area contributed by atoms with Crippen LogP contribution in [0.2, 0.25) is 0 Å². The van der Waals surface area contributed by atoms with Crippen LogP contribution >= 0.6 is 0 Å². The van der Waals surface area contributed by atoms with Crippen LogP contribution in [0.15, 0.2) is 24.3 Å². The van der Waals surface area contributed by atoms with E-state index in [0.29, 0.717) is 24.4 Å². The number of rotatable bonds is 7. The van der Waals surface area contributed by atoms with E-state index in [9.17, 15) is 9.59 Å². The van der Waals surface area contributed by atoms with E-state index >= 15 is 0 Å². The van der Waals surface area contributed by atoms with Gasteiger partial charge < -0.3 is 20.5 Å². The maximum Gasteiger partial charge on any atom is 0.341 e. The molecule has 0 aromatic heterocycles. The van der Waals surface area contributed by atoms with Crippen molar-refractivity contribution < 1.29 is 19.4 Å². The molecule has 0 bridgehead atoms. The van der Waals surface area contributed by atoms with Crippen LogP contribution in [-0.2, 0) is 9.59 Å². The number of aliphatic carboxylic acids is 1. The van der Waals surface area contributed by atoms with Gasteiger partial charge in [-0.05, 0) is 32.9 Å². The minimum Gasteiger partial charge on any atom is -0.482 e. The smallest absolute Gasteiger partial charge is 0.341 e. The van der Waals surface area contributed by atoms with E-state index < -0.39 is 12.6 Å². The first-order valence-electron chi connectivity index (χ1n) is 6.76. The van der Waals surface area contributed by atoms with Gasteiger partial charge in [-0.1, -0.05) is 6.07 Å². The third-order valence-electron chi connectivity index (χ3n) is 2.49. The van der Waals surface area contributed by atoms with Gasteiger partial charge in [-0.3, -0.25) is 4.79 Å². The van der Waals surface area contributed by atoms with Crippen molar-refractivity contribution in [1.82, 2.24) is 5.32 Å². The van der Waals surface area contributed by atoms with Gasteiger partial charge >= 0.3 is 5.97 Å². The fraction of sp³-hybridized carbons (Fsp3) is 0.467. The highest BCUT2D eigenvalue weighted by atomic mass is 16.5. The maximum absolute atomic E-state index is 11.8. The molecule has 0 atom stereocenters. The predicted molar refractivity (Wildman–Crippen MR) is 80.6 cm³/mol. The van der Waals surface area contributed by atoms with Crippen LogP contribution in [0.25, 0.3) is 0 Å². The predicted octanol–water partition coefficient (Wildman–Crippen LogP) is 1.87. The highest BCUT2D eigenvalue weighted by Crippen LogP contribution is 2.17. The van der Waals surface area contributed by atoms with Crippen molar-refractivity contribution in [3.8, 4) is 5.75 Å². The largest absolute Gasteiger partial charge is 0.482 e. The Morgan fingerprint density at radius 2 is 2.00 bits per heavy atom. The Balaban J connectivity index is 2.45. The number of hydrogen-bond donors (Lipinski definition) is 3. The van der Waals surface area contributed by atoms with E-state index in [1.807, 2.05) is 20.8 Å². The number of carboxylic acids is 1. The molecule has 0 aliphatic carbocycles. The van der Waals surface area contributed by atoms with Gasteiger partial charge in [0.15, 0.2) is 6.61 Å². The molecule has 0 unspecified atom stereocenters. The van der Waals surface area contributed by atoms with E-state index in [2.05, 4.69) is 10.6 Å². The van der Waals surface area contributed by atoms with Crippen LogP contribution in [0.3, 0.4) is 0 Å². The average Bonchev–Trinajstić information content (AvgIpc) is 2.35. The summed E-state index contributed by atoms with van der Waals surface area (Å²) in [6.07, 6.45) is 0.359. The van der Waals surface area contributed by atoms with E-state index in [-0.39, 0.29) is 11.4 Å². The SMILES string of the molecule is CC(C)(C)NCCC(=O)Nc1cccc(OCC(=O)O)c1. The van der Waals surface area contributed by atoms with Crippen molar-refractivity contribution in [3.63, 3.8) is 0 Å². The number of carbonyl (C=O) groups excluding carboxylic acids is 1. The van der Waals surface area contributed by atoms with Gasteiger partial charge in [0.2, 0.25) is 5.91 Å². The number of nitrogens with one attached hydrogen (secondary N) is 2. The molecule has 1 amide bonds. The van der Waals surface area contributed by atoms with Crippen molar-refractivity contribution in [2.75, 3.05) is 18.5 Å². The normalized spacial score (nSPS) is 11.0. The van der Waals surface area contributed by atoms with Crippen molar-refractivity contribution >= 4 is 17.6 Å². The summed E-state index contributed by atoms with van der Waals surface area (Å²) in [5.74, 6) is -0.747. The second kappa shape index (κ2) is 7.64. The molecule has 0 saturated heterocycles. The lowest BCUT2D eigenvalue weighted by molar-refractivity contribution is -0.139. The lowest BCUT2D eigenvalue weighted by atomic mass is 10.1. The van der Waals surface area contributed by atoms with E-state index in [4.69, 9.17) is 9.84 Å². The maximum atomic E-state index is 11.8. The Hall–Kier alpha value is -2.08. The van der Waals surface area contributed by atoms with Crippen LogP contribution < -0.4 is 15.4 Å². The first-order valence-corrected chi connectivity index (χ1v) is 6.76. The van der Waals surface area contributed by atoms with Crippen LogP contribution in [0.5, 0.6) is 5.75 Å². The van der Waals surface area contributed by atoms with E-state index in [1.165, 1.54) is 0 Å². The van der Waals surface area contributed by atoms with Crippen molar-refractivity contribution in [2.45, 2.75) is 32.7 Å². The highest BCUT2D eigenvalue weighted by Gasteiger charge is 2.10. The number of carboxylic acid groups (broad SMARTS) is 1. The van der Waals surface area contributed by atoms with E-state index in [0.717, 1.165) is 0 Å². The molecular formula is C15H22N2O4. The molecule has 0 spiro atoms. The lowest BCUT2D eigenvalue weighted by Crippen LogP contribution is -2.37. The fourth-order valence-electron chi connectivity index (χ4n) is 1.58. The molecule has 0 saturated carbocycles. The Kier molecular flexibility index (Phi) is 6.17. The number of hydrogen-bond acceptors (Lipinski definition) is 4. The van der Waals surface area contributed by atoms with Gasteiger partial charge in [-0.15, -0.1) is 0 Å². The Labute approximate surface area is 124 Å². The summed E-state index contributed by atoms with van der Waals surface area (Å²) >= 11 is 0. The summed E-state index contributed by atoms with van der Waals surface area (Å²) in [4.78, 5) is 22.2. The average molecular weight is 294 g/mol. The Bertz CT molecular complexity index is 495. The molecule has 0 heterocycles. The lowest BCUT2D eigenvalue weighted by Gasteiger charge is -2.20. The molecule has 3 N–H and O–H groups in total. The third-order valence-corrected chi connectivity index (χ3v) is 2.49. The molecule has 21 heavy (non-hydrogen) atoms. The summed E-state index contributed by atoms with van der Waals surface area (Å²) in [6.45, 7) is 6.29. The number of carbonyl (C=O) groups is 2. The minimum atomic E-state index is -1.04. The standard InChI is InChI=1S/C15H22N2O4/c1-15(2,3)16-8-7-13(18)17-11-5-4-6-12(9-11)21-10-14(19)20/h4-6,9,16H,7-8,10H2,1-3H3,(H,17,18)(H,19,20). The summed E-state index contributed by atoms with van der Waals surface area (Å²) < 4.78 is 5.05. The molecular weight excluding hydrogens is 272 g/mol. The Morgan fingerprint density at radius 1 is 1.29 bits per heavy atom. The number of amides is 1. The second-order valence-electron chi connectivity index (χ2n) is 5.69. The summed E-state index contributed by atoms with van der Waals surface area (Å²) in [6, 6.07) is 6.65. The molecule has 6 heteroatoms. The molecule has 6 nitrogen and oxygen atoms in total. The summed E-state index contributed by atoms with van der Waals surface area (Å²) in [5.41, 5.74) is 0.559. The fourth-order valence-corrected chi connectivity index (χ4v) is 1.58. The zero-order chi connectivity index (χ0) is 15.9. The molecule has 1 rings (SSSR count). The Morgan fingerprint density at radius 3 is 2.62 bits per heavy atom. The van der Waals surface area contributed by atoms with Crippen LogP contribution in [0, 0.1) is 0 Å². The molecule has 116 valence electrons. The third kappa shape index (κ3) is 7.94. The van der Waals surface area contributed by atoms with Crippen molar-refractivity contribution in [3.05, 3.63) is 24.3 Å². The van der Waals surface area contributed by atoms with Crippen molar-refractivity contribution in [1.29, 1.82) is 0 Å². The quantitative estimate of drug-likeness (QED) is 0.714. The van der Waals surface area contributed by atoms with Gasteiger partial charge in [0, 0.05) is 30.3 Å². The highest BCUT2D eigenvalue weighted by molar-refractivity contribution is 5.91. The first-order chi connectivity index (χ1) is 9.76. The topological polar surface area (TPSA) is 87.7 Å². The van der Waals surface area contributed by atoms with Crippen LogP contribution in [0.4, 0.5) is 5.69 Å². The molecule has 0 radical (unpaired) electrons. The van der Waals surface area contributed by atoms with Gasteiger partial charge in [0.1, 0.15) is 5.75 Å². The monoisotopic (exact) mass is 294 g/mol.